The first-order valence-electron chi connectivity index (χ1n) is 9.61. The van der Waals surface area contributed by atoms with Gasteiger partial charge in [-0.05, 0) is 48.5 Å². The molecule has 1 fully saturated rings. The van der Waals surface area contributed by atoms with E-state index < -0.39 is 36.0 Å². The number of hydrogen-bond acceptors (Lipinski definition) is 6. The van der Waals surface area contributed by atoms with Gasteiger partial charge in [-0.3, -0.25) is 9.59 Å². The fraction of sp³-hybridized carbons (Fsp3) is 0.0833. The number of nitrogens with zero attached hydrogens (tertiary/aromatic N) is 1. The van der Waals surface area contributed by atoms with Crippen molar-refractivity contribution in [3.63, 3.8) is 0 Å². The van der Waals surface area contributed by atoms with Crippen LogP contribution in [0.25, 0.3) is 0 Å². The monoisotopic (exact) mass is 449 g/mol. The van der Waals surface area contributed by atoms with Crippen molar-refractivity contribution in [1.82, 2.24) is 0 Å². The Bertz CT molecular complexity index is 1090. The Morgan fingerprint density at radius 1 is 0.656 bits per heavy atom. The molecule has 160 valence electrons. The summed E-state index contributed by atoms with van der Waals surface area (Å²) in [6.07, 6.45) is -3.28. The minimum absolute atomic E-state index is 0.186. The van der Waals surface area contributed by atoms with E-state index in [1.807, 2.05) is 0 Å². The largest absolute Gasteiger partial charge is 0.444 e. The van der Waals surface area contributed by atoms with Gasteiger partial charge < -0.3 is 9.47 Å². The van der Waals surface area contributed by atoms with Crippen LogP contribution in [-0.2, 0) is 19.1 Å². The predicted molar refractivity (Wildman–Crippen MR) is 115 cm³/mol. The summed E-state index contributed by atoms with van der Waals surface area (Å²) < 4.78 is 10.7. The normalized spacial score (nSPS) is 17.8. The Labute approximate surface area is 188 Å². The second-order valence-corrected chi connectivity index (χ2v) is 7.31. The maximum atomic E-state index is 13.1. The minimum Gasteiger partial charge on any atom is -0.444 e. The van der Waals surface area contributed by atoms with Crippen LogP contribution in [0.1, 0.15) is 20.7 Å². The van der Waals surface area contributed by atoms with Gasteiger partial charge >= 0.3 is 11.9 Å². The number of benzene rings is 3. The summed E-state index contributed by atoms with van der Waals surface area (Å²) in [5, 5.41) is 0.409. The zero-order valence-corrected chi connectivity index (χ0v) is 17.3. The number of carbonyl (C=O) groups is 4. The maximum Gasteiger partial charge on any atom is 0.339 e. The fourth-order valence-corrected chi connectivity index (χ4v) is 3.33. The van der Waals surface area contributed by atoms with Crippen molar-refractivity contribution in [3.05, 3.63) is 101 Å². The standard InChI is InChI=1S/C24H16ClNO6/c25-17-11-13-18(14-12-17)26-21(27)19(31-23(29)15-7-3-1-4-8-15)20(22(26)28)32-24(30)16-9-5-2-6-10-16/h1-14,19-20H/t19-,20+. The third-order valence-electron chi connectivity index (χ3n) is 4.77. The molecule has 0 radical (unpaired) electrons. The van der Waals surface area contributed by atoms with Gasteiger partial charge in [0, 0.05) is 5.02 Å². The van der Waals surface area contributed by atoms with E-state index in [0.717, 1.165) is 4.90 Å². The van der Waals surface area contributed by atoms with Gasteiger partial charge in [-0.15, -0.1) is 0 Å². The molecule has 0 aliphatic carbocycles. The summed E-state index contributed by atoms with van der Waals surface area (Å²) >= 11 is 5.89. The molecule has 0 bridgehead atoms. The van der Waals surface area contributed by atoms with E-state index in [4.69, 9.17) is 21.1 Å². The van der Waals surface area contributed by atoms with Gasteiger partial charge in [0.2, 0.25) is 12.2 Å². The van der Waals surface area contributed by atoms with Crippen molar-refractivity contribution in [3.8, 4) is 0 Å². The van der Waals surface area contributed by atoms with Crippen LogP contribution >= 0.6 is 11.6 Å². The van der Waals surface area contributed by atoms with E-state index in [0.29, 0.717) is 5.02 Å². The summed E-state index contributed by atoms with van der Waals surface area (Å²) in [4.78, 5) is 52.2. The molecule has 32 heavy (non-hydrogen) atoms. The number of amides is 2. The van der Waals surface area contributed by atoms with Crippen molar-refractivity contribution in [2.75, 3.05) is 4.90 Å². The van der Waals surface area contributed by atoms with Gasteiger partial charge in [-0.25, -0.2) is 14.5 Å². The Morgan fingerprint density at radius 3 is 1.47 bits per heavy atom. The van der Waals surface area contributed by atoms with E-state index in [1.165, 1.54) is 48.5 Å². The number of carbonyl (C=O) groups excluding carboxylic acids is 4. The molecule has 1 saturated heterocycles. The number of anilines is 1. The van der Waals surface area contributed by atoms with E-state index in [9.17, 15) is 19.2 Å². The molecule has 0 aromatic heterocycles. The molecule has 1 heterocycles. The summed E-state index contributed by atoms with van der Waals surface area (Å²) in [7, 11) is 0. The molecule has 3 aromatic rings. The average Bonchev–Trinajstić information content (AvgIpc) is 3.04. The molecule has 0 unspecified atom stereocenters. The van der Waals surface area contributed by atoms with Crippen LogP contribution in [0.15, 0.2) is 84.9 Å². The molecule has 4 rings (SSSR count). The smallest absolute Gasteiger partial charge is 0.339 e. The highest BCUT2D eigenvalue weighted by Gasteiger charge is 2.53. The van der Waals surface area contributed by atoms with Crippen LogP contribution in [0.4, 0.5) is 5.69 Å². The van der Waals surface area contributed by atoms with Crippen LogP contribution < -0.4 is 4.90 Å². The highest BCUT2D eigenvalue weighted by atomic mass is 35.5. The Hall–Kier alpha value is -3.97. The van der Waals surface area contributed by atoms with Crippen molar-refractivity contribution in [2.45, 2.75) is 12.2 Å². The third-order valence-corrected chi connectivity index (χ3v) is 5.03. The zero-order valence-electron chi connectivity index (χ0n) is 16.5. The van der Waals surface area contributed by atoms with E-state index >= 15 is 0 Å². The molecular formula is C24H16ClNO6. The van der Waals surface area contributed by atoms with Crippen LogP contribution in [0, 0.1) is 0 Å². The number of rotatable bonds is 5. The highest BCUT2D eigenvalue weighted by molar-refractivity contribution is 6.31. The first-order valence-corrected chi connectivity index (χ1v) is 9.99. The molecule has 2 amide bonds. The second-order valence-electron chi connectivity index (χ2n) is 6.87. The first-order chi connectivity index (χ1) is 15.5. The number of ether oxygens (including phenoxy) is 2. The number of esters is 2. The quantitative estimate of drug-likeness (QED) is 0.436. The van der Waals surface area contributed by atoms with Gasteiger partial charge in [-0.2, -0.15) is 0 Å². The summed E-state index contributed by atoms with van der Waals surface area (Å²) in [6, 6.07) is 21.9. The molecule has 0 spiro atoms. The number of imide groups is 1. The first kappa shape index (κ1) is 21.3. The SMILES string of the molecule is O=C(O[C@@H]1C(=O)N(c2ccc(Cl)cc2)C(=O)[C@@H]1OC(=O)c1ccccc1)c1ccccc1. The Kier molecular flexibility index (Phi) is 6.00. The van der Waals surface area contributed by atoms with Crippen molar-refractivity contribution in [1.29, 1.82) is 0 Å². The molecule has 7 nitrogen and oxygen atoms in total. The summed E-state index contributed by atoms with van der Waals surface area (Å²) in [5.74, 6) is -3.30. The molecule has 1 aliphatic rings. The van der Waals surface area contributed by atoms with Crippen molar-refractivity contribution >= 4 is 41.0 Å². The van der Waals surface area contributed by atoms with Crippen LogP contribution in [0.2, 0.25) is 5.02 Å². The number of halogens is 1. The van der Waals surface area contributed by atoms with Gasteiger partial charge in [0.25, 0.3) is 11.8 Å². The van der Waals surface area contributed by atoms with E-state index in [2.05, 4.69) is 0 Å². The van der Waals surface area contributed by atoms with Crippen LogP contribution in [0.5, 0.6) is 0 Å². The van der Waals surface area contributed by atoms with Gasteiger partial charge in [0.15, 0.2) is 0 Å². The molecule has 1 aliphatic heterocycles. The lowest BCUT2D eigenvalue weighted by Gasteiger charge is -2.16. The summed E-state index contributed by atoms with van der Waals surface area (Å²) in [6.45, 7) is 0. The molecule has 8 heteroatoms. The van der Waals surface area contributed by atoms with Crippen LogP contribution in [-0.4, -0.2) is 36.0 Å². The second kappa shape index (κ2) is 9.03. The van der Waals surface area contributed by atoms with E-state index in [1.54, 1.807) is 36.4 Å². The average molecular weight is 450 g/mol. The molecule has 2 atom stereocenters. The molecule has 0 N–H and O–H groups in total. The topological polar surface area (TPSA) is 90.0 Å². The molecular weight excluding hydrogens is 434 g/mol. The summed E-state index contributed by atoms with van der Waals surface area (Å²) in [5.41, 5.74) is 0.583. The lowest BCUT2D eigenvalue weighted by atomic mass is 10.2. The van der Waals surface area contributed by atoms with Crippen LogP contribution in [0.3, 0.4) is 0 Å². The Morgan fingerprint density at radius 2 is 1.06 bits per heavy atom. The van der Waals surface area contributed by atoms with Gasteiger partial charge in [0.05, 0.1) is 16.8 Å². The molecule has 0 saturated carbocycles. The Balaban J connectivity index is 1.65. The lowest BCUT2D eigenvalue weighted by molar-refractivity contribution is -0.130. The van der Waals surface area contributed by atoms with Gasteiger partial charge in [0.1, 0.15) is 0 Å². The maximum absolute atomic E-state index is 13.1. The van der Waals surface area contributed by atoms with Crippen molar-refractivity contribution in [2.24, 2.45) is 0 Å². The predicted octanol–water partition coefficient (Wildman–Crippen LogP) is 3.66. The zero-order chi connectivity index (χ0) is 22.7. The number of hydrogen-bond donors (Lipinski definition) is 0. The van der Waals surface area contributed by atoms with Crippen molar-refractivity contribution < 1.29 is 28.7 Å². The lowest BCUT2D eigenvalue weighted by Crippen LogP contribution is -2.37. The minimum atomic E-state index is -1.64. The fourth-order valence-electron chi connectivity index (χ4n) is 3.21. The highest BCUT2D eigenvalue weighted by Crippen LogP contribution is 2.29. The molecule has 3 aromatic carbocycles. The van der Waals surface area contributed by atoms with E-state index in [-0.39, 0.29) is 16.8 Å². The third kappa shape index (κ3) is 4.24. The van der Waals surface area contributed by atoms with Gasteiger partial charge in [-0.1, -0.05) is 48.0 Å².